The molecular weight excluding hydrogens is 360 g/mol. The smallest absolute Gasteiger partial charge is 0.238 e. The summed E-state index contributed by atoms with van der Waals surface area (Å²) in [5.74, 6) is -3.89. The molecule has 1 aliphatic rings. The van der Waals surface area contributed by atoms with E-state index < -0.39 is 44.0 Å². The van der Waals surface area contributed by atoms with E-state index in [2.05, 4.69) is 19.6 Å². The lowest BCUT2D eigenvalue weighted by molar-refractivity contribution is -0.155. The number of hydrogen-bond acceptors (Lipinski definition) is 4. The number of ether oxygens (including phenoxy) is 1. The van der Waals surface area contributed by atoms with Crippen LogP contribution in [0.25, 0.3) is 0 Å². The Kier molecular flexibility index (Phi) is 6.65. The van der Waals surface area contributed by atoms with E-state index in [4.69, 9.17) is 9.84 Å². The molecule has 1 N–H and O–H groups in total. The maximum atomic E-state index is 14.3. The molecule has 26 heavy (non-hydrogen) atoms. The molecule has 1 fully saturated rings. The van der Waals surface area contributed by atoms with Crippen molar-refractivity contribution in [3.05, 3.63) is 34.9 Å². The number of imide groups is 1. The van der Waals surface area contributed by atoms with E-state index >= 15 is 0 Å². The van der Waals surface area contributed by atoms with Crippen LogP contribution in [0.4, 0.5) is 8.78 Å². The number of piperidine rings is 1. The highest BCUT2D eigenvalue weighted by Crippen LogP contribution is 2.33. The number of hydrogen-bond donors (Lipinski definition) is 1. The van der Waals surface area contributed by atoms with Crippen molar-refractivity contribution in [2.75, 3.05) is 13.3 Å². The highest BCUT2D eigenvalue weighted by atomic mass is 28.3. The molecule has 2 amide bonds. The van der Waals surface area contributed by atoms with E-state index in [9.17, 15) is 18.4 Å². The fraction of sp³-hybridized carbons (Fsp3) is 0.556. The van der Waals surface area contributed by atoms with Crippen molar-refractivity contribution in [1.82, 2.24) is 4.90 Å². The topological polar surface area (TPSA) is 66.8 Å². The minimum atomic E-state index is -1.30. The van der Waals surface area contributed by atoms with E-state index in [1.165, 1.54) is 0 Å². The maximum absolute atomic E-state index is 14.3. The third kappa shape index (κ3) is 4.96. The molecular formula is C18H25F2NO4Si. The Labute approximate surface area is 153 Å². The fourth-order valence-corrected chi connectivity index (χ4v) is 3.59. The van der Waals surface area contributed by atoms with Crippen LogP contribution in [0.1, 0.15) is 29.9 Å². The first-order valence-electron chi connectivity index (χ1n) is 8.64. The molecule has 144 valence electrons. The molecule has 1 saturated heterocycles. The highest BCUT2D eigenvalue weighted by Gasteiger charge is 2.38. The van der Waals surface area contributed by atoms with E-state index in [1.807, 2.05) is 0 Å². The number of aliphatic hydroxyl groups is 1. The van der Waals surface area contributed by atoms with Crippen molar-refractivity contribution in [2.45, 2.75) is 51.1 Å². The maximum Gasteiger partial charge on any atom is 0.238 e. The summed E-state index contributed by atoms with van der Waals surface area (Å²) in [6, 6.07) is 2.91. The molecule has 1 atom stereocenters. The summed E-state index contributed by atoms with van der Waals surface area (Å²) >= 11 is 0. The number of carbonyl (C=O) groups excluding carboxylic acids is 2. The molecule has 1 aliphatic heterocycles. The zero-order chi connectivity index (χ0) is 19.5. The number of amides is 2. The van der Waals surface area contributed by atoms with Crippen LogP contribution in [-0.4, -0.2) is 43.2 Å². The summed E-state index contributed by atoms with van der Waals surface area (Å²) in [7, 11) is -1.30. The van der Waals surface area contributed by atoms with Gasteiger partial charge in [-0.05, 0) is 30.2 Å². The first kappa shape index (κ1) is 20.7. The van der Waals surface area contributed by atoms with Gasteiger partial charge in [0.15, 0.2) is 0 Å². The highest BCUT2D eigenvalue weighted by molar-refractivity contribution is 6.76. The van der Waals surface area contributed by atoms with Crippen LogP contribution < -0.4 is 0 Å². The van der Waals surface area contributed by atoms with Gasteiger partial charge in [-0.15, -0.1) is 0 Å². The molecule has 0 aromatic heterocycles. The van der Waals surface area contributed by atoms with Gasteiger partial charge in [-0.2, -0.15) is 0 Å². The zero-order valence-electron chi connectivity index (χ0n) is 15.3. The minimum Gasteiger partial charge on any atom is -0.392 e. The lowest BCUT2D eigenvalue weighted by atomic mass is 9.88. The largest absolute Gasteiger partial charge is 0.392 e. The second-order valence-corrected chi connectivity index (χ2v) is 13.4. The van der Waals surface area contributed by atoms with Gasteiger partial charge in [0, 0.05) is 26.7 Å². The summed E-state index contributed by atoms with van der Waals surface area (Å²) in [6.07, 6.45) is 0.0732. The number of benzene rings is 1. The van der Waals surface area contributed by atoms with Crippen LogP contribution in [0.5, 0.6) is 0 Å². The predicted octanol–water partition coefficient (Wildman–Crippen LogP) is 3.00. The summed E-state index contributed by atoms with van der Waals surface area (Å²) in [6.45, 7) is 6.30. The van der Waals surface area contributed by atoms with Gasteiger partial charge in [0.05, 0.1) is 12.5 Å². The van der Waals surface area contributed by atoms with Crippen LogP contribution >= 0.6 is 0 Å². The molecule has 1 aromatic rings. The van der Waals surface area contributed by atoms with Crippen molar-refractivity contribution >= 4 is 19.9 Å². The average molecular weight is 385 g/mol. The van der Waals surface area contributed by atoms with Crippen LogP contribution in [-0.2, 0) is 20.9 Å². The van der Waals surface area contributed by atoms with Gasteiger partial charge >= 0.3 is 0 Å². The molecule has 0 aliphatic carbocycles. The number of rotatable bonds is 7. The van der Waals surface area contributed by atoms with Crippen molar-refractivity contribution in [1.29, 1.82) is 0 Å². The number of carbonyl (C=O) groups is 2. The van der Waals surface area contributed by atoms with Crippen LogP contribution in [0.15, 0.2) is 12.1 Å². The van der Waals surface area contributed by atoms with Crippen molar-refractivity contribution in [3.8, 4) is 0 Å². The molecule has 8 heteroatoms. The van der Waals surface area contributed by atoms with Gasteiger partial charge in [-0.25, -0.2) is 8.78 Å². The molecule has 1 aromatic carbocycles. The SMILES string of the molecule is C[Si](C)(C)CCOCN1C(=O)CCC(c2c(F)cc(CO)cc2F)C1=O. The number of halogens is 2. The Balaban J connectivity index is 2.13. The molecule has 0 radical (unpaired) electrons. The van der Waals surface area contributed by atoms with E-state index in [1.54, 1.807) is 0 Å². The second-order valence-electron chi connectivity index (χ2n) is 7.73. The minimum absolute atomic E-state index is 0.0222. The van der Waals surface area contributed by atoms with Gasteiger partial charge in [0.2, 0.25) is 11.8 Å². The van der Waals surface area contributed by atoms with Crippen molar-refractivity contribution in [2.24, 2.45) is 0 Å². The van der Waals surface area contributed by atoms with E-state index in [-0.39, 0.29) is 30.7 Å². The van der Waals surface area contributed by atoms with Crippen molar-refractivity contribution in [3.63, 3.8) is 0 Å². The lowest BCUT2D eigenvalue weighted by Crippen LogP contribution is -2.45. The summed E-state index contributed by atoms with van der Waals surface area (Å²) < 4.78 is 34.0. The Bertz CT molecular complexity index is 667. The predicted molar refractivity (Wildman–Crippen MR) is 95.1 cm³/mol. The summed E-state index contributed by atoms with van der Waals surface area (Å²) in [4.78, 5) is 25.6. The summed E-state index contributed by atoms with van der Waals surface area (Å²) in [5, 5.41) is 9.03. The van der Waals surface area contributed by atoms with Gasteiger partial charge in [-0.3, -0.25) is 14.5 Å². The molecule has 1 unspecified atom stereocenters. The third-order valence-corrected chi connectivity index (χ3v) is 6.10. The second kappa shape index (κ2) is 8.37. The van der Waals surface area contributed by atoms with E-state index in [0.29, 0.717) is 6.61 Å². The number of nitrogens with zero attached hydrogens (tertiary/aromatic N) is 1. The Hall–Kier alpha value is -1.64. The molecule has 0 bridgehead atoms. The van der Waals surface area contributed by atoms with Gasteiger partial charge in [-0.1, -0.05) is 19.6 Å². The molecule has 1 heterocycles. The Morgan fingerprint density at radius 1 is 1.23 bits per heavy atom. The normalized spacial score (nSPS) is 18.5. The number of aliphatic hydroxyl groups excluding tert-OH is 1. The monoisotopic (exact) mass is 385 g/mol. The first-order chi connectivity index (χ1) is 12.1. The van der Waals surface area contributed by atoms with Crippen LogP contribution in [0.2, 0.25) is 25.7 Å². The Morgan fingerprint density at radius 2 is 1.85 bits per heavy atom. The molecule has 5 nitrogen and oxygen atoms in total. The average Bonchev–Trinajstić information content (AvgIpc) is 2.54. The van der Waals surface area contributed by atoms with Gasteiger partial charge in [0.25, 0.3) is 0 Å². The third-order valence-electron chi connectivity index (χ3n) is 4.40. The fourth-order valence-electron chi connectivity index (χ4n) is 2.84. The standard InChI is InChI=1S/C18H25F2NO4Si/c1-26(2,3)7-6-25-11-21-16(23)5-4-13(18(21)24)17-14(19)8-12(10-22)9-15(17)20/h8-9,13,22H,4-7,10-11H2,1-3H3. The molecule has 2 rings (SSSR count). The lowest BCUT2D eigenvalue weighted by Gasteiger charge is -2.31. The first-order valence-corrected chi connectivity index (χ1v) is 12.4. The van der Waals surface area contributed by atoms with Crippen molar-refractivity contribution < 1.29 is 28.2 Å². The molecule has 0 spiro atoms. The van der Waals surface area contributed by atoms with Crippen LogP contribution in [0, 0.1) is 11.6 Å². The van der Waals surface area contributed by atoms with E-state index in [0.717, 1.165) is 23.1 Å². The number of likely N-dealkylation sites (tertiary alicyclic amines) is 1. The zero-order valence-corrected chi connectivity index (χ0v) is 16.3. The van der Waals surface area contributed by atoms with Crippen LogP contribution in [0.3, 0.4) is 0 Å². The van der Waals surface area contributed by atoms with Gasteiger partial charge in [0.1, 0.15) is 18.4 Å². The van der Waals surface area contributed by atoms with Gasteiger partial charge < -0.3 is 9.84 Å². The molecule has 0 saturated carbocycles. The summed E-state index contributed by atoms with van der Waals surface area (Å²) in [5.41, 5.74) is -0.263. The quantitative estimate of drug-likeness (QED) is 0.445. The Morgan fingerprint density at radius 3 is 2.38 bits per heavy atom.